The van der Waals surface area contributed by atoms with E-state index in [9.17, 15) is 13.2 Å². The molecule has 3 aromatic carbocycles. The molecule has 0 N–H and O–H groups in total. The molecule has 0 unspecified atom stereocenters. The fourth-order valence-electron chi connectivity index (χ4n) is 5.13. The van der Waals surface area contributed by atoms with Gasteiger partial charge in [0.1, 0.15) is 5.69 Å². The Bertz CT molecular complexity index is 1290. The summed E-state index contributed by atoms with van der Waals surface area (Å²) in [5.74, 6) is 0.624. The molecule has 5 rings (SSSR count). The minimum Gasteiger partial charge on any atom is -0.338 e. The highest BCUT2D eigenvalue weighted by Gasteiger charge is 2.30. The van der Waals surface area contributed by atoms with Crippen LogP contribution in [-0.2, 0) is 12.7 Å². The largest absolute Gasteiger partial charge is 0.416 e. The predicted octanol–water partition coefficient (Wildman–Crippen LogP) is 7.79. The van der Waals surface area contributed by atoms with Crippen molar-refractivity contribution in [1.82, 2.24) is 10.1 Å². The molecular formula is C30H32F3N3O. The van der Waals surface area contributed by atoms with Crippen molar-refractivity contribution in [3.8, 4) is 11.3 Å². The Balaban J connectivity index is 1.36. The molecule has 2 heterocycles. The van der Waals surface area contributed by atoms with Crippen molar-refractivity contribution in [1.29, 1.82) is 0 Å². The summed E-state index contributed by atoms with van der Waals surface area (Å²) in [6, 6.07) is 21.5. The van der Waals surface area contributed by atoms with Crippen molar-refractivity contribution >= 4 is 16.7 Å². The van der Waals surface area contributed by atoms with Gasteiger partial charge in [0.2, 0.25) is 5.88 Å². The molecule has 0 saturated carbocycles. The average molecular weight is 508 g/mol. The average Bonchev–Trinajstić information content (AvgIpc) is 3.25. The van der Waals surface area contributed by atoms with Gasteiger partial charge in [-0.1, -0.05) is 72.6 Å². The lowest BCUT2D eigenvalue weighted by atomic mass is 10.0. The highest BCUT2D eigenvalue weighted by molar-refractivity contribution is 5.85. The van der Waals surface area contributed by atoms with Gasteiger partial charge in [0.05, 0.1) is 5.56 Å². The van der Waals surface area contributed by atoms with E-state index in [4.69, 9.17) is 4.52 Å². The van der Waals surface area contributed by atoms with E-state index < -0.39 is 11.7 Å². The maximum Gasteiger partial charge on any atom is 0.416 e. The van der Waals surface area contributed by atoms with Crippen LogP contribution < -0.4 is 4.90 Å². The number of nitrogens with zero attached hydrogens (tertiary/aromatic N) is 3. The van der Waals surface area contributed by atoms with Crippen molar-refractivity contribution in [2.45, 2.75) is 44.8 Å². The maximum atomic E-state index is 13.0. The maximum absolute atomic E-state index is 13.0. The van der Waals surface area contributed by atoms with Crippen LogP contribution in [0.25, 0.3) is 22.0 Å². The van der Waals surface area contributed by atoms with E-state index in [1.165, 1.54) is 54.2 Å². The summed E-state index contributed by atoms with van der Waals surface area (Å²) in [5.41, 5.74) is 1.64. The molecule has 194 valence electrons. The normalized spacial score (nSPS) is 15.1. The summed E-state index contributed by atoms with van der Waals surface area (Å²) in [5, 5.41) is 6.59. The van der Waals surface area contributed by atoms with Gasteiger partial charge < -0.3 is 14.3 Å². The second kappa shape index (κ2) is 11.4. The molecule has 0 amide bonds. The van der Waals surface area contributed by atoms with E-state index >= 15 is 0 Å². The summed E-state index contributed by atoms with van der Waals surface area (Å²) < 4.78 is 44.7. The highest BCUT2D eigenvalue weighted by atomic mass is 19.4. The minimum absolute atomic E-state index is 0.527. The van der Waals surface area contributed by atoms with Crippen molar-refractivity contribution in [3.05, 3.63) is 83.9 Å². The topological polar surface area (TPSA) is 32.5 Å². The van der Waals surface area contributed by atoms with Gasteiger partial charge in [0.25, 0.3) is 0 Å². The van der Waals surface area contributed by atoms with E-state index in [1.807, 2.05) is 18.2 Å². The van der Waals surface area contributed by atoms with E-state index in [0.29, 0.717) is 23.7 Å². The van der Waals surface area contributed by atoms with Gasteiger partial charge in [-0.3, -0.25) is 0 Å². The quantitative estimate of drug-likeness (QED) is 0.244. The second-order valence-electron chi connectivity index (χ2n) is 9.79. The zero-order chi connectivity index (χ0) is 25.7. The first kappa shape index (κ1) is 25.3. The van der Waals surface area contributed by atoms with Crippen molar-refractivity contribution in [2.75, 3.05) is 31.1 Å². The van der Waals surface area contributed by atoms with E-state index in [-0.39, 0.29) is 0 Å². The van der Waals surface area contributed by atoms with Gasteiger partial charge in [-0.05, 0) is 67.4 Å². The fraction of sp³-hybridized carbons (Fsp3) is 0.367. The van der Waals surface area contributed by atoms with Gasteiger partial charge >= 0.3 is 6.18 Å². The summed E-state index contributed by atoms with van der Waals surface area (Å²) in [7, 11) is 0. The number of aromatic nitrogens is 1. The number of hydrogen-bond donors (Lipinski definition) is 0. The number of benzene rings is 3. The molecule has 4 aromatic rings. The third kappa shape index (κ3) is 6.34. The van der Waals surface area contributed by atoms with Crippen LogP contribution in [0.1, 0.15) is 43.2 Å². The molecule has 0 radical (unpaired) electrons. The van der Waals surface area contributed by atoms with Crippen LogP contribution in [0.15, 0.2) is 77.3 Å². The van der Waals surface area contributed by atoms with Gasteiger partial charge in [0.15, 0.2) is 0 Å². The second-order valence-corrected chi connectivity index (χ2v) is 9.79. The summed E-state index contributed by atoms with van der Waals surface area (Å²) in [6.07, 6.45) is 1.77. The van der Waals surface area contributed by atoms with Crippen LogP contribution in [0.4, 0.5) is 19.1 Å². The monoisotopic (exact) mass is 507 g/mol. The van der Waals surface area contributed by atoms with Crippen LogP contribution in [-0.4, -0.2) is 36.2 Å². The molecule has 1 aromatic heterocycles. The number of rotatable bonds is 8. The Hall–Kier alpha value is -3.32. The zero-order valence-electron chi connectivity index (χ0n) is 20.9. The van der Waals surface area contributed by atoms with Gasteiger partial charge in [-0.2, -0.15) is 13.2 Å². The highest BCUT2D eigenvalue weighted by Crippen LogP contribution is 2.32. The molecule has 1 aliphatic rings. The summed E-state index contributed by atoms with van der Waals surface area (Å²) >= 11 is 0. The predicted molar refractivity (Wildman–Crippen MR) is 141 cm³/mol. The first-order valence-corrected chi connectivity index (χ1v) is 13.1. The Labute approximate surface area is 215 Å². The number of anilines is 1. The molecule has 1 fully saturated rings. The molecule has 1 aliphatic heterocycles. The summed E-state index contributed by atoms with van der Waals surface area (Å²) in [4.78, 5) is 4.75. The number of alkyl halides is 3. The minimum atomic E-state index is -4.36. The number of halogens is 3. The Morgan fingerprint density at radius 1 is 0.865 bits per heavy atom. The Morgan fingerprint density at radius 2 is 1.59 bits per heavy atom. The fourth-order valence-corrected chi connectivity index (χ4v) is 5.13. The van der Waals surface area contributed by atoms with Gasteiger partial charge in [-0.15, -0.1) is 0 Å². The number of likely N-dealkylation sites (tertiary alicyclic amines) is 1. The molecule has 0 spiro atoms. The van der Waals surface area contributed by atoms with Crippen molar-refractivity contribution in [3.63, 3.8) is 0 Å². The Kier molecular flexibility index (Phi) is 7.79. The number of hydrogen-bond acceptors (Lipinski definition) is 4. The van der Waals surface area contributed by atoms with E-state index in [0.717, 1.165) is 44.7 Å². The molecule has 1 saturated heterocycles. The van der Waals surface area contributed by atoms with Crippen LogP contribution in [0.3, 0.4) is 0 Å². The van der Waals surface area contributed by atoms with Gasteiger partial charge in [-0.25, -0.2) is 0 Å². The molecule has 7 heteroatoms. The number of fused-ring (bicyclic) bond motifs is 1. The van der Waals surface area contributed by atoms with Gasteiger partial charge in [0, 0.05) is 24.7 Å². The standard InChI is InChI=1S/C30H32F3N3O/c31-30(32,33)26-15-13-24(14-16-26)28-21-29(37-34-28)36(20-8-19-35-17-5-1-2-6-18-35)22-25-11-7-10-23-9-3-4-12-27(23)25/h3-4,7,9-16,21H,1-2,5-6,8,17-20,22H2. The lowest BCUT2D eigenvalue weighted by molar-refractivity contribution is -0.137. The molecule has 0 aliphatic carbocycles. The SMILES string of the molecule is FC(F)(F)c1ccc(-c2cc(N(CCCN3CCCCCC3)Cc3cccc4ccccc34)on2)cc1. The van der Waals surface area contributed by atoms with Crippen LogP contribution in [0, 0.1) is 0 Å². The summed E-state index contributed by atoms with van der Waals surface area (Å²) in [6.45, 7) is 4.80. The van der Waals surface area contributed by atoms with E-state index in [1.54, 1.807) is 0 Å². The first-order chi connectivity index (χ1) is 18.0. The Morgan fingerprint density at radius 3 is 2.35 bits per heavy atom. The molecule has 4 nitrogen and oxygen atoms in total. The molecule has 0 atom stereocenters. The lowest BCUT2D eigenvalue weighted by Gasteiger charge is -2.25. The van der Waals surface area contributed by atoms with E-state index in [2.05, 4.69) is 45.3 Å². The first-order valence-electron chi connectivity index (χ1n) is 13.1. The van der Waals surface area contributed by atoms with Crippen LogP contribution in [0.5, 0.6) is 0 Å². The third-order valence-corrected chi connectivity index (χ3v) is 7.16. The molecule has 37 heavy (non-hydrogen) atoms. The van der Waals surface area contributed by atoms with Crippen LogP contribution in [0.2, 0.25) is 0 Å². The van der Waals surface area contributed by atoms with Crippen molar-refractivity contribution < 1.29 is 17.7 Å². The zero-order valence-corrected chi connectivity index (χ0v) is 20.9. The van der Waals surface area contributed by atoms with Crippen molar-refractivity contribution in [2.24, 2.45) is 0 Å². The third-order valence-electron chi connectivity index (χ3n) is 7.16. The lowest BCUT2D eigenvalue weighted by Crippen LogP contribution is -2.30. The van der Waals surface area contributed by atoms with Crippen LogP contribution >= 0.6 is 0 Å². The molecule has 0 bridgehead atoms. The smallest absolute Gasteiger partial charge is 0.338 e. The molecular weight excluding hydrogens is 475 g/mol.